The van der Waals surface area contributed by atoms with E-state index in [0.29, 0.717) is 17.0 Å². The Hall–Kier alpha value is -0.730. The molecule has 2 rings (SSSR count). The first kappa shape index (κ1) is 8.85. The van der Waals surface area contributed by atoms with E-state index in [2.05, 4.69) is 0 Å². The van der Waals surface area contributed by atoms with Crippen molar-refractivity contribution >= 4 is 11.6 Å². The standard InChI is InChI=1S/C10H12ClNO/c1-13-10-4-6(2-3-8(10)11)7-5-9(7)12/h2-4,7,9H,5,12H2,1H3. The highest BCUT2D eigenvalue weighted by molar-refractivity contribution is 6.32. The van der Waals surface area contributed by atoms with Gasteiger partial charge in [-0.3, -0.25) is 0 Å². The molecule has 0 bridgehead atoms. The summed E-state index contributed by atoms with van der Waals surface area (Å²) in [7, 11) is 1.62. The van der Waals surface area contributed by atoms with Gasteiger partial charge in [0.05, 0.1) is 12.1 Å². The lowest BCUT2D eigenvalue weighted by Gasteiger charge is -2.05. The Balaban J connectivity index is 2.28. The minimum absolute atomic E-state index is 0.325. The molecule has 1 aliphatic rings. The molecule has 1 aromatic carbocycles. The molecule has 0 heterocycles. The molecule has 0 saturated heterocycles. The van der Waals surface area contributed by atoms with Crippen LogP contribution in [-0.2, 0) is 0 Å². The number of hydrogen-bond donors (Lipinski definition) is 1. The second kappa shape index (κ2) is 3.20. The summed E-state index contributed by atoms with van der Waals surface area (Å²) in [5.74, 6) is 1.24. The lowest BCUT2D eigenvalue weighted by Crippen LogP contribution is -2.01. The molecule has 70 valence electrons. The third-order valence-electron chi connectivity index (χ3n) is 2.44. The summed E-state index contributed by atoms with van der Waals surface area (Å²) in [6, 6.07) is 6.18. The second-order valence-corrected chi connectivity index (χ2v) is 3.81. The summed E-state index contributed by atoms with van der Waals surface area (Å²) in [5.41, 5.74) is 6.98. The smallest absolute Gasteiger partial charge is 0.137 e. The first-order chi connectivity index (χ1) is 6.22. The molecule has 3 heteroatoms. The molecule has 0 aromatic heterocycles. The van der Waals surface area contributed by atoms with E-state index in [1.165, 1.54) is 5.56 Å². The Kier molecular flexibility index (Phi) is 2.18. The van der Waals surface area contributed by atoms with Gasteiger partial charge >= 0.3 is 0 Å². The molecule has 2 atom stereocenters. The summed E-state index contributed by atoms with van der Waals surface area (Å²) in [5, 5.41) is 0.653. The van der Waals surface area contributed by atoms with Crippen LogP contribution < -0.4 is 10.5 Å². The summed E-state index contributed by atoms with van der Waals surface area (Å²) >= 11 is 5.90. The van der Waals surface area contributed by atoms with Crippen molar-refractivity contribution in [3.8, 4) is 5.75 Å². The van der Waals surface area contributed by atoms with Crippen LogP contribution in [0.2, 0.25) is 5.02 Å². The van der Waals surface area contributed by atoms with Gasteiger partial charge in [-0.2, -0.15) is 0 Å². The van der Waals surface area contributed by atoms with E-state index >= 15 is 0 Å². The topological polar surface area (TPSA) is 35.2 Å². The number of benzene rings is 1. The zero-order valence-electron chi connectivity index (χ0n) is 7.46. The molecular formula is C10H12ClNO. The van der Waals surface area contributed by atoms with Crippen LogP contribution in [0.5, 0.6) is 5.75 Å². The van der Waals surface area contributed by atoms with Gasteiger partial charge < -0.3 is 10.5 Å². The van der Waals surface area contributed by atoms with Crippen molar-refractivity contribution in [2.75, 3.05) is 7.11 Å². The monoisotopic (exact) mass is 197 g/mol. The lowest BCUT2D eigenvalue weighted by molar-refractivity contribution is 0.414. The van der Waals surface area contributed by atoms with Crippen molar-refractivity contribution in [2.24, 2.45) is 5.73 Å². The molecule has 0 amide bonds. The van der Waals surface area contributed by atoms with Gasteiger partial charge in [-0.1, -0.05) is 17.7 Å². The van der Waals surface area contributed by atoms with Crippen LogP contribution >= 0.6 is 11.6 Å². The van der Waals surface area contributed by atoms with Gasteiger partial charge in [-0.25, -0.2) is 0 Å². The van der Waals surface area contributed by atoms with Crippen molar-refractivity contribution in [3.63, 3.8) is 0 Å². The number of halogens is 1. The zero-order valence-corrected chi connectivity index (χ0v) is 8.21. The Bertz CT molecular complexity index is 327. The van der Waals surface area contributed by atoms with Gasteiger partial charge in [0.2, 0.25) is 0 Å². The molecule has 2 unspecified atom stereocenters. The SMILES string of the molecule is COc1cc(C2CC2N)ccc1Cl. The second-order valence-electron chi connectivity index (χ2n) is 3.40. The molecule has 0 aliphatic heterocycles. The number of methoxy groups -OCH3 is 1. The van der Waals surface area contributed by atoms with Gasteiger partial charge in [0.1, 0.15) is 5.75 Å². The molecular weight excluding hydrogens is 186 g/mol. The number of rotatable bonds is 2. The average Bonchev–Trinajstić information content (AvgIpc) is 2.84. The van der Waals surface area contributed by atoms with Crippen LogP contribution in [0.15, 0.2) is 18.2 Å². The molecule has 2 nitrogen and oxygen atoms in total. The molecule has 2 N–H and O–H groups in total. The third kappa shape index (κ3) is 1.64. The Labute approximate surface area is 82.6 Å². The maximum absolute atomic E-state index is 5.90. The normalized spacial score (nSPS) is 25.8. The minimum Gasteiger partial charge on any atom is -0.495 e. The van der Waals surface area contributed by atoms with Crippen molar-refractivity contribution in [2.45, 2.75) is 18.4 Å². The van der Waals surface area contributed by atoms with Crippen LogP contribution in [0.25, 0.3) is 0 Å². The molecule has 1 aromatic rings. The lowest BCUT2D eigenvalue weighted by atomic mass is 10.1. The van der Waals surface area contributed by atoms with Crippen molar-refractivity contribution in [3.05, 3.63) is 28.8 Å². The van der Waals surface area contributed by atoms with Crippen LogP contribution in [0.3, 0.4) is 0 Å². The highest BCUT2D eigenvalue weighted by Gasteiger charge is 2.35. The average molecular weight is 198 g/mol. The van der Waals surface area contributed by atoms with E-state index in [1.54, 1.807) is 7.11 Å². The highest BCUT2D eigenvalue weighted by Crippen LogP contribution is 2.41. The predicted octanol–water partition coefficient (Wildman–Crippen LogP) is 2.16. The quantitative estimate of drug-likeness (QED) is 0.789. The van der Waals surface area contributed by atoms with Gasteiger partial charge in [-0.05, 0) is 24.1 Å². The number of ether oxygens (including phenoxy) is 1. The first-order valence-electron chi connectivity index (χ1n) is 4.31. The molecule has 0 spiro atoms. The van der Waals surface area contributed by atoms with Crippen LogP contribution in [-0.4, -0.2) is 13.2 Å². The van der Waals surface area contributed by atoms with E-state index in [0.717, 1.165) is 12.2 Å². The van der Waals surface area contributed by atoms with Gasteiger partial charge in [0.15, 0.2) is 0 Å². The predicted molar refractivity (Wildman–Crippen MR) is 53.3 cm³/mol. The summed E-state index contributed by atoms with van der Waals surface area (Å²) in [6.45, 7) is 0. The Morgan fingerprint density at radius 3 is 2.77 bits per heavy atom. The van der Waals surface area contributed by atoms with E-state index in [1.807, 2.05) is 18.2 Å². The van der Waals surface area contributed by atoms with Crippen LogP contribution in [0.4, 0.5) is 0 Å². The molecule has 1 fully saturated rings. The van der Waals surface area contributed by atoms with Crippen molar-refractivity contribution in [1.82, 2.24) is 0 Å². The summed E-state index contributed by atoms with van der Waals surface area (Å²) in [4.78, 5) is 0. The van der Waals surface area contributed by atoms with Gasteiger partial charge in [0.25, 0.3) is 0 Å². The fourth-order valence-corrected chi connectivity index (χ4v) is 1.70. The maximum atomic E-state index is 5.90. The van der Waals surface area contributed by atoms with E-state index < -0.39 is 0 Å². The fraction of sp³-hybridized carbons (Fsp3) is 0.400. The highest BCUT2D eigenvalue weighted by atomic mass is 35.5. The zero-order chi connectivity index (χ0) is 9.42. The summed E-state index contributed by atoms with van der Waals surface area (Å²) in [6.07, 6.45) is 1.07. The largest absolute Gasteiger partial charge is 0.495 e. The summed E-state index contributed by atoms with van der Waals surface area (Å²) < 4.78 is 5.13. The Morgan fingerprint density at radius 2 is 2.23 bits per heavy atom. The first-order valence-corrected chi connectivity index (χ1v) is 4.69. The molecule has 0 radical (unpaired) electrons. The van der Waals surface area contributed by atoms with E-state index in [9.17, 15) is 0 Å². The van der Waals surface area contributed by atoms with Crippen molar-refractivity contribution < 1.29 is 4.74 Å². The molecule has 1 aliphatic carbocycles. The molecule has 1 saturated carbocycles. The third-order valence-corrected chi connectivity index (χ3v) is 2.76. The number of hydrogen-bond acceptors (Lipinski definition) is 2. The fourth-order valence-electron chi connectivity index (χ4n) is 1.50. The van der Waals surface area contributed by atoms with Gasteiger partial charge in [-0.15, -0.1) is 0 Å². The van der Waals surface area contributed by atoms with Crippen LogP contribution in [0, 0.1) is 0 Å². The number of nitrogens with two attached hydrogens (primary N) is 1. The van der Waals surface area contributed by atoms with E-state index in [-0.39, 0.29) is 0 Å². The minimum atomic E-state index is 0.325. The molecule has 13 heavy (non-hydrogen) atoms. The van der Waals surface area contributed by atoms with E-state index in [4.69, 9.17) is 22.1 Å². The van der Waals surface area contributed by atoms with Gasteiger partial charge in [0, 0.05) is 12.0 Å². The van der Waals surface area contributed by atoms with Crippen molar-refractivity contribution in [1.29, 1.82) is 0 Å². The maximum Gasteiger partial charge on any atom is 0.137 e. The van der Waals surface area contributed by atoms with Crippen LogP contribution in [0.1, 0.15) is 17.9 Å². The Morgan fingerprint density at radius 1 is 1.54 bits per heavy atom.